The molecule has 1 aromatic carbocycles. The molecule has 6 heteroatoms. The van der Waals surface area contributed by atoms with E-state index in [1.54, 1.807) is 6.92 Å². The third-order valence-corrected chi connectivity index (χ3v) is 2.96. The van der Waals surface area contributed by atoms with Crippen LogP contribution in [0.2, 0.25) is 0 Å². The number of urea groups is 1. The Morgan fingerprint density at radius 1 is 1.28 bits per heavy atom. The van der Waals surface area contributed by atoms with Crippen LogP contribution < -0.4 is 16.4 Å². The summed E-state index contributed by atoms with van der Waals surface area (Å²) in [6.07, 6.45) is 0. The first kappa shape index (κ1) is 14.5. The van der Waals surface area contributed by atoms with Crippen molar-refractivity contribution in [1.82, 2.24) is 5.32 Å². The molecule has 18 heavy (non-hydrogen) atoms. The highest BCUT2D eigenvalue weighted by Gasteiger charge is 2.16. The van der Waals surface area contributed by atoms with E-state index in [0.29, 0.717) is 0 Å². The number of hydrogen-bond acceptors (Lipinski definition) is 3. The van der Waals surface area contributed by atoms with E-state index in [1.807, 2.05) is 31.3 Å². The third-order valence-electron chi connectivity index (χ3n) is 2.50. The number of hydrogen-bond donors (Lipinski definition) is 3. The van der Waals surface area contributed by atoms with Gasteiger partial charge in [0.25, 0.3) is 0 Å². The Balaban J connectivity index is 2.85. The first-order valence-electron chi connectivity index (χ1n) is 5.45. The second-order valence-corrected chi connectivity index (χ2v) is 5.05. The lowest BCUT2D eigenvalue weighted by Crippen LogP contribution is -2.43. The van der Waals surface area contributed by atoms with Gasteiger partial charge in [0.15, 0.2) is 0 Å². The monoisotopic (exact) mass is 313 g/mol. The van der Waals surface area contributed by atoms with E-state index < -0.39 is 18.0 Å². The molecule has 0 aliphatic rings. The predicted molar refractivity (Wildman–Crippen MR) is 74.4 cm³/mol. The van der Waals surface area contributed by atoms with Crippen LogP contribution in [0.25, 0.3) is 0 Å². The Hall–Kier alpha value is -1.56. The fourth-order valence-electron chi connectivity index (χ4n) is 1.65. The molecule has 0 spiro atoms. The normalized spacial score (nSPS) is 11.8. The van der Waals surface area contributed by atoms with Crippen molar-refractivity contribution in [3.8, 4) is 0 Å². The Labute approximate surface area is 114 Å². The molecule has 0 aliphatic carbocycles. The number of anilines is 1. The van der Waals surface area contributed by atoms with Gasteiger partial charge < -0.3 is 11.1 Å². The standard InChI is InChI=1S/C12H16BrN3O2/c1-6-4-9(13)5-7(2)10(6)15-8(3)11(17)16-12(14)18/h4-5,8,15H,1-3H3,(H3,14,16,17,18). The van der Waals surface area contributed by atoms with Gasteiger partial charge in [-0.3, -0.25) is 10.1 Å². The maximum Gasteiger partial charge on any atom is 0.318 e. The Bertz CT molecular complexity index is 465. The van der Waals surface area contributed by atoms with Crippen molar-refractivity contribution >= 4 is 33.6 Å². The molecule has 1 atom stereocenters. The van der Waals surface area contributed by atoms with E-state index in [2.05, 4.69) is 21.2 Å². The highest BCUT2D eigenvalue weighted by atomic mass is 79.9. The molecule has 4 N–H and O–H groups in total. The van der Waals surface area contributed by atoms with Gasteiger partial charge in [0.1, 0.15) is 6.04 Å². The average Bonchev–Trinajstić information content (AvgIpc) is 2.21. The maximum atomic E-state index is 11.6. The van der Waals surface area contributed by atoms with Gasteiger partial charge in [-0.15, -0.1) is 0 Å². The van der Waals surface area contributed by atoms with Crippen LogP contribution >= 0.6 is 15.9 Å². The molecule has 1 aromatic rings. The van der Waals surface area contributed by atoms with Crippen molar-refractivity contribution in [3.63, 3.8) is 0 Å². The quantitative estimate of drug-likeness (QED) is 0.798. The van der Waals surface area contributed by atoms with Crippen LogP contribution in [-0.4, -0.2) is 18.0 Å². The van der Waals surface area contributed by atoms with E-state index in [0.717, 1.165) is 21.3 Å². The van der Waals surface area contributed by atoms with Crippen LogP contribution in [0.3, 0.4) is 0 Å². The molecule has 5 nitrogen and oxygen atoms in total. The number of carbonyl (C=O) groups excluding carboxylic acids is 2. The zero-order chi connectivity index (χ0) is 13.9. The largest absolute Gasteiger partial charge is 0.373 e. The van der Waals surface area contributed by atoms with E-state index in [4.69, 9.17) is 5.73 Å². The van der Waals surface area contributed by atoms with E-state index in [-0.39, 0.29) is 0 Å². The average molecular weight is 314 g/mol. The van der Waals surface area contributed by atoms with Gasteiger partial charge in [0.2, 0.25) is 5.91 Å². The minimum absolute atomic E-state index is 0.454. The van der Waals surface area contributed by atoms with Crippen LogP contribution in [0, 0.1) is 13.8 Å². The van der Waals surface area contributed by atoms with E-state index in [1.165, 1.54) is 0 Å². The van der Waals surface area contributed by atoms with E-state index in [9.17, 15) is 9.59 Å². The van der Waals surface area contributed by atoms with Gasteiger partial charge in [-0.1, -0.05) is 15.9 Å². The number of carbonyl (C=O) groups is 2. The molecule has 0 radical (unpaired) electrons. The molecule has 3 amide bonds. The summed E-state index contributed by atoms with van der Waals surface area (Å²) in [5.74, 6) is -0.454. The molecule has 0 aliphatic heterocycles. The fourth-order valence-corrected chi connectivity index (χ4v) is 2.34. The summed E-state index contributed by atoms with van der Waals surface area (Å²) < 4.78 is 0.984. The molecule has 0 aromatic heterocycles. The molecular formula is C12H16BrN3O2. The van der Waals surface area contributed by atoms with Crippen LogP contribution in [-0.2, 0) is 4.79 Å². The van der Waals surface area contributed by atoms with Crippen LogP contribution in [0.5, 0.6) is 0 Å². The fraction of sp³-hybridized carbons (Fsp3) is 0.333. The number of aryl methyl sites for hydroxylation is 2. The minimum Gasteiger partial charge on any atom is -0.373 e. The molecule has 0 heterocycles. The number of nitrogens with one attached hydrogen (secondary N) is 2. The van der Waals surface area contributed by atoms with Crippen molar-refractivity contribution in [1.29, 1.82) is 0 Å². The third kappa shape index (κ3) is 3.73. The van der Waals surface area contributed by atoms with E-state index >= 15 is 0 Å². The molecule has 0 bridgehead atoms. The SMILES string of the molecule is Cc1cc(Br)cc(C)c1NC(C)C(=O)NC(N)=O. The summed E-state index contributed by atoms with van der Waals surface area (Å²) in [6, 6.07) is 2.51. The molecule has 1 unspecified atom stereocenters. The lowest BCUT2D eigenvalue weighted by atomic mass is 10.1. The summed E-state index contributed by atoms with van der Waals surface area (Å²) in [4.78, 5) is 22.2. The molecule has 98 valence electrons. The molecule has 0 fully saturated rings. The number of imide groups is 1. The summed E-state index contributed by atoms with van der Waals surface area (Å²) >= 11 is 3.41. The Morgan fingerprint density at radius 3 is 2.22 bits per heavy atom. The molecule has 1 rings (SSSR count). The van der Waals surface area contributed by atoms with Crippen molar-refractivity contribution in [3.05, 3.63) is 27.7 Å². The molecular weight excluding hydrogens is 298 g/mol. The Kier molecular flexibility index (Phi) is 4.72. The van der Waals surface area contributed by atoms with Gasteiger partial charge in [0.05, 0.1) is 0 Å². The topological polar surface area (TPSA) is 84.2 Å². The number of halogens is 1. The smallest absolute Gasteiger partial charge is 0.318 e. The van der Waals surface area contributed by atoms with Crippen LogP contribution in [0.15, 0.2) is 16.6 Å². The van der Waals surface area contributed by atoms with Crippen molar-refractivity contribution in [2.24, 2.45) is 5.73 Å². The second-order valence-electron chi connectivity index (χ2n) is 4.13. The number of amides is 3. The predicted octanol–water partition coefficient (Wildman–Crippen LogP) is 2.06. The summed E-state index contributed by atoms with van der Waals surface area (Å²) in [5.41, 5.74) is 7.81. The van der Waals surface area contributed by atoms with Crippen molar-refractivity contribution in [2.75, 3.05) is 5.32 Å². The van der Waals surface area contributed by atoms with Crippen molar-refractivity contribution in [2.45, 2.75) is 26.8 Å². The van der Waals surface area contributed by atoms with Crippen LogP contribution in [0.4, 0.5) is 10.5 Å². The zero-order valence-electron chi connectivity index (χ0n) is 10.5. The molecule has 0 saturated heterocycles. The lowest BCUT2D eigenvalue weighted by Gasteiger charge is -2.18. The Morgan fingerprint density at radius 2 is 1.78 bits per heavy atom. The number of primary amides is 1. The number of rotatable bonds is 3. The zero-order valence-corrected chi connectivity index (χ0v) is 12.1. The molecule has 0 saturated carbocycles. The van der Waals surface area contributed by atoms with Gasteiger partial charge in [-0.05, 0) is 44.0 Å². The highest BCUT2D eigenvalue weighted by molar-refractivity contribution is 9.10. The first-order valence-corrected chi connectivity index (χ1v) is 6.24. The van der Waals surface area contributed by atoms with Crippen LogP contribution in [0.1, 0.15) is 18.1 Å². The lowest BCUT2D eigenvalue weighted by molar-refractivity contribution is -0.120. The summed E-state index contributed by atoms with van der Waals surface area (Å²) in [5, 5.41) is 5.11. The summed E-state index contributed by atoms with van der Waals surface area (Å²) in [7, 11) is 0. The van der Waals surface area contributed by atoms with Gasteiger partial charge in [-0.25, -0.2) is 4.79 Å². The second kappa shape index (κ2) is 5.86. The maximum absolute atomic E-state index is 11.6. The highest BCUT2D eigenvalue weighted by Crippen LogP contribution is 2.25. The number of nitrogens with two attached hydrogens (primary N) is 1. The van der Waals surface area contributed by atoms with Gasteiger partial charge in [-0.2, -0.15) is 0 Å². The van der Waals surface area contributed by atoms with Gasteiger partial charge >= 0.3 is 6.03 Å². The van der Waals surface area contributed by atoms with Gasteiger partial charge in [0, 0.05) is 10.2 Å². The number of benzene rings is 1. The summed E-state index contributed by atoms with van der Waals surface area (Å²) in [6.45, 7) is 5.55. The first-order chi connectivity index (χ1) is 8.31. The minimum atomic E-state index is -0.849. The van der Waals surface area contributed by atoms with Crippen molar-refractivity contribution < 1.29 is 9.59 Å².